The second-order valence-electron chi connectivity index (χ2n) is 15.0. The Kier molecular flexibility index (Phi) is 12.6. The van der Waals surface area contributed by atoms with E-state index in [1.807, 2.05) is 43.3 Å². The van der Waals surface area contributed by atoms with Gasteiger partial charge in [0, 0.05) is 35.7 Å². The van der Waals surface area contributed by atoms with Crippen LogP contribution in [0.25, 0.3) is 22.5 Å². The monoisotopic (exact) mass is 807 g/mol. The number of alkyl halides is 4. The molecule has 0 spiro atoms. The number of carbonyl (C=O) groups excluding carboxylic acids is 3. The van der Waals surface area contributed by atoms with Crippen molar-refractivity contribution in [1.29, 1.82) is 0 Å². The Hall–Kier alpha value is -5.68. The number of rotatable bonds is 14. The van der Waals surface area contributed by atoms with E-state index in [0.717, 1.165) is 47.9 Å². The first-order chi connectivity index (χ1) is 27.6. The number of aliphatic carboxylic acids is 1. The molecule has 308 valence electrons. The van der Waals surface area contributed by atoms with Gasteiger partial charge in [0.15, 0.2) is 5.82 Å². The van der Waals surface area contributed by atoms with E-state index in [4.69, 9.17) is 10.8 Å². The van der Waals surface area contributed by atoms with Crippen molar-refractivity contribution in [3.63, 3.8) is 0 Å². The molecule has 4 aromatic rings. The van der Waals surface area contributed by atoms with E-state index in [9.17, 15) is 41.8 Å². The fourth-order valence-corrected chi connectivity index (χ4v) is 7.54. The predicted molar refractivity (Wildman–Crippen MR) is 205 cm³/mol. The van der Waals surface area contributed by atoms with Crippen molar-refractivity contribution in [2.45, 2.75) is 75.8 Å². The maximum Gasteiger partial charge on any atom is 0.411 e. The summed E-state index contributed by atoms with van der Waals surface area (Å²) in [6, 6.07) is 17.4. The zero-order chi connectivity index (χ0) is 41.8. The van der Waals surface area contributed by atoms with Crippen LogP contribution in [-0.2, 0) is 26.7 Å². The number of aliphatic hydroxyl groups is 1. The number of carboxylic acids is 1. The lowest BCUT2D eigenvalue weighted by Gasteiger charge is -2.28. The highest BCUT2D eigenvalue weighted by Crippen LogP contribution is 2.42. The van der Waals surface area contributed by atoms with Crippen LogP contribution in [-0.4, -0.2) is 91.7 Å². The van der Waals surface area contributed by atoms with Crippen LogP contribution in [0.3, 0.4) is 0 Å². The van der Waals surface area contributed by atoms with Gasteiger partial charge in [-0.1, -0.05) is 30.3 Å². The quantitative estimate of drug-likeness (QED) is 0.0916. The molecule has 2 aliphatic rings. The van der Waals surface area contributed by atoms with Crippen LogP contribution in [0.4, 0.5) is 23.2 Å². The molecule has 1 saturated heterocycles. The minimum Gasteiger partial charge on any atom is -0.477 e. The lowest BCUT2D eigenvalue weighted by Crippen LogP contribution is -2.48. The summed E-state index contributed by atoms with van der Waals surface area (Å²) in [5, 5.41) is 29.2. The van der Waals surface area contributed by atoms with Crippen molar-refractivity contribution >= 4 is 29.4 Å². The average Bonchev–Trinajstić information content (AvgIpc) is 3.92. The van der Waals surface area contributed by atoms with Gasteiger partial charge in [-0.3, -0.25) is 19.5 Å². The third kappa shape index (κ3) is 8.89. The van der Waals surface area contributed by atoms with Gasteiger partial charge in [0.25, 0.3) is 5.91 Å². The Morgan fingerprint density at radius 3 is 2.24 bits per heavy atom. The second kappa shape index (κ2) is 17.4. The molecule has 17 heteroatoms. The number of halogens is 4. The highest BCUT2D eigenvalue weighted by molar-refractivity contribution is 5.98. The predicted octanol–water partition coefficient (Wildman–Crippen LogP) is 5.29. The first-order valence-electron chi connectivity index (χ1n) is 19.1. The van der Waals surface area contributed by atoms with Crippen LogP contribution >= 0.6 is 0 Å². The SMILES string of the molecule is Cc1cc(C(=O)N2CCC[C@H]2CO)ccc1-c1ccc(CC(NC(=O)C2CCC(CN)CC2)C(=O)Nc2ccc(-c3nc(C(F)(F)C(F)(F)C(=O)O)n[nH]3)cc2)cc1. The van der Waals surface area contributed by atoms with Crippen molar-refractivity contribution in [2.24, 2.45) is 17.6 Å². The van der Waals surface area contributed by atoms with E-state index >= 15 is 0 Å². The number of benzene rings is 3. The topological polar surface area (TPSA) is 204 Å². The fraction of sp³-hybridized carbons (Fsp3) is 0.415. The number of H-pyrrole nitrogens is 1. The third-order valence-electron chi connectivity index (χ3n) is 11.1. The number of aryl methyl sites for hydroxylation is 1. The second-order valence-corrected chi connectivity index (χ2v) is 15.0. The summed E-state index contributed by atoms with van der Waals surface area (Å²) >= 11 is 0. The van der Waals surface area contributed by atoms with E-state index in [1.165, 1.54) is 24.3 Å². The van der Waals surface area contributed by atoms with Crippen molar-refractivity contribution in [3.05, 3.63) is 89.2 Å². The van der Waals surface area contributed by atoms with Gasteiger partial charge in [0.2, 0.25) is 17.6 Å². The minimum absolute atomic E-state index is 0.0715. The Morgan fingerprint density at radius 2 is 1.62 bits per heavy atom. The number of carboxylic acid groups (broad SMARTS) is 1. The molecule has 3 amide bonds. The Bertz CT molecular complexity index is 2120. The number of carbonyl (C=O) groups is 4. The average molecular weight is 808 g/mol. The van der Waals surface area contributed by atoms with Gasteiger partial charge in [-0.15, -0.1) is 0 Å². The number of likely N-dealkylation sites (tertiary alicyclic amines) is 1. The molecule has 1 unspecified atom stereocenters. The number of aromatic amines is 1. The number of amides is 3. The summed E-state index contributed by atoms with van der Waals surface area (Å²) in [7, 11) is 0. The molecule has 2 fully saturated rings. The molecular weight excluding hydrogens is 762 g/mol. The molecule has 3 aromatic carbocycles. The molecule has 6 rings (SSSR count). The summed E-state index contributed by atoms with van der Waals surface area (Å²) in [6.45, 7) is 3.00. The zero-order valence-electron chi connectivity index (χ0n) is 31.7. The van der Waals surface area contributed by atoms with E-state index in [1.54, 1.807) is 11.0 Å². The van der Waals surface area contributed by atoms with E-state index in [2.05, 4.69) is 25.8 Å². The lowest BCUT2D eigenvalue weighted by atomic mass is 9.81. The molecule has 1 saturated carbocycles. The number of aliphatic hydroxyl groups excluding tert-OH is 1. The maximum absolute atomic E-state index is 14.2. The van der Waals surface area contributed by atoms with E-state index < -0.39 is 35.6 Å². The molecule has 1 aromatic heterocycles. The standard InChI is InChI=1S/C41H45F4N7O6/c1-23-19-29(37(56)52-18-2-3-31(52)22-53)14-17-32(23)26-8-4-24(5-9-26)20-33(48-35(54)28-10-6-25(21-46)7-11-28)36(55)47-30-15-12-27(13-16-30)34-49-38(51-50-34)40(42,43)41(44,45)39(57)58/h4-5,8-9,12-17,19,25,28,31,33,53H,2-3,6-7,10-11,18,20-22,46H2,1H3,(H,47,55)(H,48,54)(H,57,58)(H,49,50,51)/t25?,28?,31-,33?/m0/s1. The normalized spacial score (nSPS) is 19.1. The molecule has 2 heterocycles. The van der Waals surface area contributed by atoms with Crippen LogP contribution in [0.2, 0.25) is 0 Å². The summed E-state index contributed by atoms with van der Waals surface area (Å²) in [5.74, 6) is -16.6. The summed E-state index contributed by atoms with van der Waals surface area (Å²) in [6.07, 6.45) is 4.66. The fourth-order valence-electron chi connectivity index (χ4n) is 7.54. The minimum atomic E-state index is -5.45. The summed E-state index contributed by atoms with van der Waals surface area (Å²) in [4.78, 5) is 56.3. The highest BCUT2D eigenvalue weighted by Gasteiger charge is 2.66. The van der Waals surface area contributed by atoms with Crippen molar-refractivity contribution < 1.29 is 47.0 Å². The van der Waals surface area contributed by atoms with E-state index in [-0.39, 0.29) is 53.9 Å². The van der Waals surface area contributed by atoms with Crippen LogP contribution < -0.4 is 16.4 Å². The largest absolute Gasteiger partial charge is 0.477 e. The molecule has 7 N–H and O–H groups in total. The van der Waals surface area contributed by atoms with Crippen LogP contribution in [0.5, 0.6) is 0 Å². The van der Waals surface area contributed by atoms with Gasteiger partial charge in [-0.2, -0.15) is 22.7 Å². The van der Waals surface area contributed by atoms with Crippen molar-refractivity contribution in [2.75, 3.05) is 25.0 Å². The number of nitrogens with one attached hydrogen (secondary N) is 3. The van der Waals surface area contributed by atoms with Gasteiger partial charge in [-0.05, 0) is 117 Å². The maximum atomic E-state index is 14.2. The Morgan fingerprint density at radius 1 is 0.948 bits per heavy atom. The summed E-state index contributed by atoms with van der Waals surface area (Å²) in [5.41, 5.74) is 10.2. The number of anilines is 1. The lowest BCUT2D eigenvalue weighted by molar-refractivity contribution is -0.231. The van der Waals surface area contributed by atoms with Gasteiger partial charge < -0.3 is 31.5 Å². The van der Waals surface area contributed by atoms with Gasteiger partial charge in [0.1, 0.15) is 6.04 Å². The van der Waals surface area contributed by atoms with Crippen molar-refractivity contribution in [1.82, 2.24) is 25.4 Å². The number of hydrogen-bond donors (Lipinski definition) is 6. The number of nitrogens with zero attached hydrogens (tertiary/aromatic N) is 3. The Labute approximate surface area is 331 Å². The smallest absolute Gasteiger partial charge is 0.411 e. The van der Waals surface area contributed by atoms with Crippen molar-refractivity contribution in [3.8, 4) is 22.5 Å². The number of hydrogen-bond acceptors (Lipinski definition) is 8. The van der Waals surface area contributed by atoms with Gasteiger partial charge in [0.05, 0.1) is 12.6 Å². The Balaban J connectivity index is 1.16. The molecule has 13 nitrogen and oxygen atoms in total. The van der Waals surface area contributed by atoms with Gasteiger partial charge >= 0.3 is 17.8 Å². The van der Waals surface area contributed by atoms with Crippen LogP contribution in [0.1, 0.15) is 65.8 Å². The molecule has 0 bridgehead atoms. The van der Waals surface area contributed by atoms with E-state index in [0.29, 0.717) is 37.4 Å². The summed E-state index contributed by atoms with van der Waals surface area (Å²) < 4.78 is 55.8. The van der Waals surface area contributed by atoms with Crippen LogP contribution in [0, 0.1) is 18.8 Å². The van der Waals surface area contributed by atoms with Gasteiger partial charge in [-0.25, -0.2) is 9.78 Å². The molecule has 58 heavy (non-hydrogen) atoms. The zero-order valence-corrected chi connectivity index (χ0v) is 31.7. The molecular formula is C41H45F4N7O6. The first-order valence-corrected chi connectivity index (χ1v) is 19.1. The molecule has 2 atom stereocenters. The third-order valence-corrected chi connectivity index (χ3v) is 11.1. The highest BCUT2D eigenvalue weighted by atomic mass is 19.3. The molecule has 1 aliphatic carbocycles. The molecule has 0 radical (unpaired) electrons. The first kappa shape index (κ1) is 41.9. The van der Waals surface area contributed by atoms with Crippen LogP contribution in [0.15, 0.2) is 66.7 Å². The molecule has 1 aliphatic heterocycles. The number of nitrogens with two attached hydrogens (primary N) is 1. The number of aromatic nitrogens is 3.